The number of rotatable bonds is 5. The molecule has 0 radical (unpaired) electrons. The van der Waals surface area contributed by atoms with Gasteiger partial charge >= 0.3 is 0 Å². The Balaban J connectivity index is 1.27. The van der Waals surface area contributed by atoms with Gasteiger partial charge in [0, 0.05) is 37.9 Å². The largest absolute Gasteiger partial charge is 0.378 e. The van der Waals surface area contributed by atoms with Crippen molar-refractivity contribution < 1.29 is 14.3 Å². The van der Waals surface area contributed by atoms with Crippen molar-refractivity contribution in [3.63, 3.8) is 0 Å². The molecule has 0 spiro atoms. The van der Waals surface area contributed by atoms with Gasteiger partial charge in [-0.2, -0.15) is 0 Å². The van der Waals surface area contributed by atoms with E-state index in [0.717, 1.165) is 31.5 Å². The lowest BCUT2D eigenvalue weighted by Gasteiger charge is -2.26. The van der Waals surface area contributed by atoms with Gasteiger partial charge in [0.15, 0.2) is 0 Å². The lowest BCUT2D eigenvalue weighted by Crippen LogP contribution is -2.40. The van der Waals surface area contributed by atoms with Gasteiger partial charge in [0.25, 0.3) is 5.91 Å². The minimum Gasteiger partial charge on any atom is -0.378 e. The monoisotopic (exact) mass is 359 g/mol. The molecule has 4 rings (SSSR count). The molecule has 6 nitrogen and oxygen atoms in total. The first kappa shape index (κ1) is 17.9. The average molecular weight is 359 g/mol. The second-order valence-electron chi connectivity index (χ2n) is 7.61. The molecule has 0 N–H and O–H groups in total. The van der Waals surface area contributed by atoms with Gasteiger partial charge in [-0.05, 0) is 50.9 Å². The van der Waals surface area contributed by atoms with Crippen molar-refractivity contribution in [2.24, 2.45) is 0 Å². The highest BCUT2D eigenvalue weighted by Crippen LogP contribution is 2.24. The van der Waals surface area contributed by atoms with E-state index in [1.165, 1.54) is 25.9 Å². The first-order valence-corrected chi connectivity index (χ1v) is 9.98. The van der Waals surface area contributed by atoms with Crippen molar-refractivity contribution in [3.8, 4) is 0 Å². The first-order valence-electron chi connectivity index (χ1n) is 9.98. The van der Waals surface area contributed by atoms with Crippen LogP contribution in [0.25, 0.3) is 0 Å². The van der Waals surface area contributed by atoms with Crippen LogP contribution in [0, 0.1) is 0 Å². The fourth-order valence-electron chi connectivity index (χ4n) is 4.17. The molecule has 2 atom stereocenters. The number of aromatic nitrogens is 1. The zero-order valence-corrected chi connectivity index (χ0v) is 15.4. The maximum absolute atomic E-state index is 12.5. The molecule has 4 heterocycles. The Labute approximate surface area is 155 Å². The number of nitrogens with zero attached hydrogens (tertiary/aromatic N) is 3. The van der Waals surface area contributed by atoms with Gasteiger partial charge < -0.3 is 19.3 Å². The molecule has 3 aliphatic rings. The normalized spacial score (nSPS) is 27.2. The van der Waals surface area contributed by atoms with Crippen LogP contribution in [-0.4, -0.2) is 78.8 Å². The maximum Gasteiger partial charge on any atom is 0.255 e. The fourth-order valence-corrected chi connectivity index (χ4v) is 4.17. The Morgan fingerprint density at radius 2 is 1.85 bits per heavy atom. The number of carbonyl (C=O) groups is 1. The van der Waals surface area contributed by atoms with Crippen LogP contribution in [0.5, 0.6) is 0 Å². The Morgan fingerprint density at radius 3 is 2.58 bits per heavy atom. The van der Waals surface area contributed by atoms with Crippen molar-refractivity contribution >= 4 is 5.91 Å². The summed E-state index contributed by atoms with van der Waals surface area (Å²) < 4.78 is 11.5. The highest BCUT2D eigenvalue weighted by atomic mass is 16.5. The lowest BCUT2D eigenvalue weighted by atomic mass is 10.1. The number of amides is 1. The molecule has 142 valence electrons. The number of ether oxygens (including phenoxy) is 2. The molecule has 3 aliphatic heterocycles. The maximum atomic E-state index is 12.5. The summed E-state index contributed by atoms with van der Waals surface area (Å²) in [5.41, 5.74) is 1.67. The third-order valence-corrected chi connectivity index (χ3v) is 5.66. The van der Waals surface area contributed by atoms with Gasteiger partial charge in [-0.3, -0.25) is 9.78 Å². The fraction of sp³-hybridized carbons (Fsp3) is 0.700. The summed E-state index contributed by atoms with van der Waals surface area (Å²) >= 11 is 0. The van der Waals surface area contributed by atoms with Gasteiger partial charge in [-0.25, -0.2) is 0 Å². The van der Waals surface area contributed by atoms with Gasteiger partial charge in [-0.1, -0.05) is 0 Å². The van der Waals surface area contributed by atoms with E-state index < -0.39 is 0 Å². The molecule has 6 heteroatoms. The van der Waals surface area contributed by atoms with Crippen molar-refractivity contribution in [2.75, 3.05) is 45.9 Å². The van der Waals surface area contributed by atoms with E-state index in [1.807, 2.05) is 17.0 Å². The number of likely N-dealkylation sites (tertiary alicyclic amines) is 1. The van der Waals surface area contributed by atoms with Crippen LogP contribution in [0.2, 0.25) is 0 Å². The number of carbonyl (C=O) groups excluding carboxylic acids is 1. The molecule has 0 aliphatic carbocycles. The highest BCUT2D eigenvalue weighted by molar-refractivity contribution is 5.93. The van der Waals surface area contributed by atoms with Gasteiger partial charge in [0.1, 0.15) is 0 Å². The standard InChI is InChI=1S/C20H29N3O3/c24-20(23-9-11-25-12-10-23)16-3-4-17(21-14-16)13-18-5-6-19(26-18)15-22-7-1-2-8-22/h3-4,14,18-19H,1-2,5-13,15H2/t18-,19+/m0/s1. The molecule has 0 unspecified atom stereocenters. The third-order valence-electron chi connectivity index (χ3n) is 5.66. The molecule has 1 aromatic rings. The van der Waals surface area contributed by atoms with Crippen LogP contribution in [0.1, 0.15) is 41.7 Å². The smallest absolute Gasteiger partial charge is 0.255 e. The van der Waals surface area contributed by atoms with Crippen LogP contribution >= 0.6 is 0 Å². The second kappa shape index (κ2) is 8.46. The quantitative estimate of drug-likeness (QED) is 0.802. The summed E-state index contributed by atoms with van der Waals surface area (Å²) in [6.45, 7) is 6.10. The Kier molecular flexibility index (Phi) is 5.82. The zero-order valence-electron chi connectivity index (χ0n) is 15.4. The topological polar surface area (TPSA) is 54.9 Å². The van der Waals surface area contributed by atoms with Crippen LogP contribution < -0.4 is 0 Å². The van der Waals surface area contributed by atoms with E-state index in [9.17, 15) is 4.79 Å². The Morgan fingerprint density at radius 1 is 1.08 bits per heavy atom. The summed E-state index contributed by atoms with van der Waals surface area (Å²) in [4.78, 5) is 21.3. The van der Waals surface area contributed by atoms with Crippen LogP contribution in [-0.2, 0) is 15.9 Å². The van der Waals surface area contributed by atoms with Crippen molar-refractivity contribution in [3.05, 3.63) is 29.6 Å². The predicted octanol–water partition coefficient (Wildman–Crippen LogP) is 1.74. The molecule has 1 amide bonds. The molecule has 3 saturated heterocycles. The average Bonchev–Trinajstić information content (AvgIpc) is 3.35. The summed E-state index contributed by atoms with van der Waals surface area (Å²) in [5.74, 6) is 0.0511. The molecule has 0 saturated carbocycles. The highest BCUT2D eigenvalue weighted by Gasteiger charge is 2.28. The van der Waals surface area contributed by atoms with E-state index in [-0.39, 0.29) is 12.0 Å². The summed E-state index contributed by atoms with van der Waals surface area (Å²) in [7, 11) is 0. The predicted molar refractivity (Wildman–Crippen MR) is 98.2 cm³/mol. The molecular weight excluding hydrogens is 330 g/mol. The number of pyridine rings is 1. The van der Waals surface area contributed by atoms with Crippen molar-refractivity contribution in [1.29, 1.82) is 0 Å². The van der Waals surface area contributed by atoms with E-state index >= 15 is 0 Å². The van der Waals surface area contributed by atoms with Crippen molar-refractivity contribution in [2.45, 2.75) is 44.3 Å². The van der Waals surface area contributed by atoms with Gasteiger partial charge in [-0.15, -0.1) is 0 Å². The SMILES string of the molecule is O=C(c1ccc(C[C@@H]2CC[C@H](CN3CCCC3)O2)nc1)N1CCOCC1. The zero-order chi connectivity index (χ0) is 17.8. The molecule has 26 heavy (non-hydrogen) atoms. The van der Waals surface area contributed by atoms with E-state index in [1.54, 1.807) is 6.20 Å². The molecule has 0 aromatic carbocycles. The molecular formula is C20H29N3O3. The Hall–Kier alpha value is -1.50. The van der Waals surface area contributed by atoms with Crippen LogP contribution in [0.15, 0.2) is 18.3 Å². The first-order chi connectivity index (χ1) is 12.8. The minimum absolute atomic E-state index is 0.0511. The number of morpholine rings is 1. The molecule has 3 fully saturated rings. The number of hydrogen-bond acceptors (Lipinski definition) is 5. The third kappa shape index (κ3) is 4.42. The van der Waals surface area contributed by atoms with E-state index in [0.29, 0.717) is 38.0 Å². The summed E-state index contributed by atoms with van der Waals surface area (Å²) in [5, 5.41) is 0. The van der Waals surface area contributed by atoms with Crippen molar-refractivity contribution in [1.82, 2.24) is 14.8 Å². The van der Waals surface area contributed by atoms with Crippen LogP contribution in [0.4, 0.5) is 0 Å². The summed E-state index contributed by atoms with van der Waals surface area (Å²) in [6, 6.07) is 3.88. The Bertz CT molecular complexity index is 595. The summed E-state index contributed by atoms with van der Waals surface area (Å²) in [6.07, 6.45) is 8.09. The lowest BCUT2D eigenvalue weighted by molar-refractivity contribution is 0.0271. The van der Waals surface area contributed by atoms with Crippen LogP contribution in [0.3, 0.4) is 0 Å². The number of hydrogen-bond donors (Lipinski definition) is 0. The van der Waals surface area contributed by atoms with Gasteiger partial charge in [0.2, 0.25) is 0 Å². The van der Waals surface area contributed by atoms with E-state index in [2.05, 4.69) is 9.88 Å². The minimum atomic E-state index is 0.0511. The molecule has 0 bridgehead atoms. The molecule has 1 aromatic heterocycles. The van der Waals surface area contributed by atoms with E-state index in [4.69, 9.17) is 9.47 Å². The van der Waals surface area contributed by atoms with Gasteiger partial charge in [0.05, 0.1) is 31.0 Å². The second-order valence-corrected chi connectivity index (χ2v) is 7.61.